The predicted molar refractivity (Wildman–Crippen MR) is 103 cm³/mol. The molecule has 2 aliphatic rings. The highest BCUT2D eigenvalue weighted by molar-refractivity contribution is 5.46. The number of benzene rings is 2. The van der Waals surface area contributed by atoms with Crippen LogP contribution >= 0.6 is 0 Å². The van der Waals surface area contributed by atoms with Crippen molar-refractivity contribution in [2.24, 2.45) is 5.92 Å². The number of halogens is 3. The Hall–Kier alpha value is -2.03. The van der Waals surface area contributed by atoms with Gasteiger partial charge in [-0.15, -0.1) is 0 Å². The van der Waals surface area contributed by atoms with Gasteiger partial charge in [0, 0.05) is 0 Å². The van der Waals surface area contributed by atoms with Crippen LogP contribution in [-0.4, -0.2) is 0 Å². The Kier molecular flexibility index (Phi) is 4.88. The molecule has 2 aromatic rings. The third-order valence-corrected chi connectivity index (χ3v) is 6.26. The SMILES string of the molecule is C/C=C/[C@H]1CCc2c(ccc3c2CC[C@H](c2ccc(C(F)(F)F)cc2)C3)C1. The lowest BCUT2D eigenvalue weighted by Crippen LogP contribution is -2.20. The zero-order chi connectivity index (χ0) is 19.0. The first-order chi connectivity index (χ1) is 13.0. The van der Waals surface area contributed by atoms with Gasteiger partial charge in [0.05, 0.1) is 5.56 Å². The van der Waals surface area contributed by atoms with E-state index in [9.17, 15) is 13.2 Å². The first-order valence-electron chi connectivity index (χ1n) is 9.88. The smallest absolute Gasteiger partial charge is 0.166 e. The number of hydrogen-bond acceptors (Lipinski definition) is 0. The van der Waals surface area contributed by atoms with Crippen molar-refractivity contribution in [3.8, 4) is 0 Å². The minimum atomic E-state index is -4.26. The summed E-state index contributed by atoms with van der Waals surface area (Å²) in [6.45, 7) is 2.09. The molecule has 0 N–H and O–H groups in total. The summed E-state index contributed by atoms with van der Waals surface area (Å²) in [5.41, 5.74) is 6.44. The molecule has 0 unspecified atom stereocenters. The summed E-state index contributed by atoms with van der Waals surface area (Å²) in [7, 11) is 0. The van der Waals surface area contributed by atoms with Crippen LogP contribution in [0.15, 0.2) is 48.6 Å². The lowest BCUT2D eigenvalue weighted by molar-refractivity contribution is -0.137. The highest BCUT2D eigenvalue weighted by Gasteiger charge is 2.31. The molecule has 2 aliphatic carbocycles. The molecule has 0 aromatic heterocycles. The molecule has 4 rings (SSSR count). The van der Waals surface area contributed by atoms with E-state index in [0.717, 1.165) is 37.7 Å². The fourth-order valence-corrected chi connectivity index (χ4v) is 4.86. The number of hydrogen-bond donors (Lipinski definition) is 0. The summed E-state index contributed by atoms with van der Waals surface area (Å²) in [5.74, 6) is 0.973. The van der Waals surface area contributed by atoms with Crippen molar-refractivity contribution in [2.75, 3.05) is 0 Å². The maximum Gasteiger partial charge on any atom is 0.416 e. The van der Waals surface area contributed by atoms with E-state index >= 15 is 0 Å². The van der Waals surface area contributed by atoms with Gasteiger partial charge >= 0.3 is 6.18 Å². The monoisotopic (exact) mass is 370 g/mol. The van der Waals surface area contributed by atoms with E-state index in [1.165, 1.54) is 35.2 Å². The van der Waals surface area contributed by atoms with Gasteiger partial charge in [-0.05, 0) is 97.2 Å². The van der Waals surface area contributed by atoms with Crippen LogP contribution in [-0.2, 0) is 31.9 Å². The molecule has 0 spiro atoms. The Labute approximate surface area is 159 Å². The average Bonchev–Trinajstić information content (AvgIpc) is 2.67. The first kappa shape index (κ1) is 18.3. The molecule has 142 valence electrons. The zero-order valence-electron chi connectivity index (χ0n) is 15.7. The van der Waals surface area contributed by atoms with Gasteiger partial charge in [-0.25, -0.2) is 0 Å². The van der Waals surface area contributed by atoms with E-state index in [2.05, 4.69) is 31.2 Å². The molecular formula is C24H25F3. The molecule has 27 heavy (non-hydrogen) atoms. The third-order valence-electron chi connectivity index (χ3n) is 6.26. The van der Waals surface area contributed by atoms with Crippen molar-refractivity contribution >= 4 is 0 Å². The van der Waals surface area contributed by atoms with Gasteiger partial charge in [0.25, 0.3) is 0 Å². The van der Waals surface area contributed by atoms with Crippen molar-refractivity contribution in [3.63, 3.8) is 0 Å². The molecular weight excluding hydrogens is 345 g/mol. The van der Waals surface area contributed by atoms with Crippen LogP contribution in [0, 0.1) is 5.92 Å². The number of alkyl halides is 3. The topological polar surface area (TPSA) is 0 Å². The molecule has 2 atom stereocenters. The summed E-state index contributed by atoms with van der Waals surface area (Å²) in [5, 5.41) is 0. The zero-order valence-corrected chi connectivity index (χ0v) is 15.7. The predicted octanol–water partition coefficient (Wildman–Crippen LogP) is 6.66. The van der Waals surface area contributed by atoms with E-state index in [-0.39, 0.29) is 0 Å². The van der Waals surface area contributed by atoms with Gasteiger partial charge in [0.1, 0.15) is 0 Å². The quantitative estimate of drug-likeness (QED) is 0.519. The average molecular weight is 370 g/mol. The lowest BCUT2D eigenvalue weighted by atomic mass is 9.74. The van der Waals surface area contributed by atoms with Crippen LogP contribution in [0.1, 0.15) is 59.1 Å². The fraction of sp³-hybridized carbons (Fsp3) is 0.417. The van der Waals surface area contributed by atoms with Crippen LogP contribution in [0.25, 0.3) is 0 Å². The summed E-state index contributed by atoms with van der Waals surface area (Å²) in [6.07, 6.45) is 6.72. The van der Waals surface area contributed by atoms with Crippen LogP contribution < -0.4 is 0 Å². The Morgan fingerprint density at radius 1 is 0.852 bits per heavy atom. The lowest BCUT2D eigenvalue weighted by Gasteiger charge is -2.31. The van der Waals surface area contributed by atoms with Crippen molar-refractivity contribution in [2.45, 2.75) is 57.5 Å². The van der Waals surface area contributed by atoms with Crippen molar-refractivity contribution in [3.05, 3.63) is 81.9 Å². The molecule has 0 saturated heterocycles. The molecule has 0 saturated carbocycles. The van der Waals surface area contributed by atoms with Gasteiger partial charge in [0.2, 0.25) is 0 Å². The van der Waals surface area contributed by atoms with Crippen LogP contribution in [0.5, 0.6) is 0 Å². The minimum Gasteiger partial charge on any atom is -0.166 e. The molecule has 0 heterocycles. The Balaban J connectivity index is 1.54. The van der Waals surface area contributed by atoms with Crippen LogP contribution in [0.3, 0.4) is 0 Å². The second-order valence-electron chi connectivity index (χ2n) is 7.93. The van der Waals surface area contributed by atoms with Crippen molar-refractivity contribution < 1.29 is 13.2 Å². The largest absolute Gasteiger partial charge is 0.416 e. The van der Waals surface area contributed by atoms with Crippen molar-refractivity contribution in [1.29, 1.82) is 0 Å². The van der Waals surface area contributed by atoms with E-state index in [1.807, 2.05) is 0 Å². The number of allylic oxidation sites excluding steroid dienone is 2. The minimum absolute atomic E-state index is 0.317. The molecule has 0 fully saturated rings. The standard InChI is InChI=1S/C24H25F3/c1-2-3-16-4-12-22-19(14-16)5-6-20-15-18(9-13-23(20)22)17-7-10-21(11-8-17)24(25,26)27/h2-3,5-8,10-11,16,18H,4,9,12-15H2,1H3/b3-2+/t16-,18-/m0/s1. The molecule has 0 bridgehead atoms. The van der Waals surface area contributed by atoms with E-state index in [0.29, 0.717) is 11.8 Å². The summed E-state index contributed by atoms with van der Waals surface area (Å²) in [4.78, 5) is 0. The summed E-state index contributed by atoms with van der Waals surface area (Å²) < 4.78 is 38.4. The Morgan fingerprint density at radius 3 is 2.11 bits per heavy atom. The van der Waals surface area contributed by atoms with Gasteiger partial charge in [-0.3, -0.25) is 0 Å². The fourth-order valence-electron chi connectivity index (χ4n) is 4.86. The number of fused-ring (bicyclic) bond motifs is 3. The highest BCUT2D eigenvalue weighted by atomic mass is 19.4. The Morgan fingerprint density at radius 2 is 1.48 bits per heavy atom. The van der Waals surface area contributed by atoms with E-state index < -0.39 is 11.7 Å². The summed E-state index contributed by atoms with van der Waals surface area (Å²) >= 11 is 0. The normalized spacial score (nSPS) is 22.5. The van der Waals surface area contributed by atoms with E-state index in [4.69, 9.17) is 0 Å². The van der Waals surface area contributed by atoms with Gasteiger partial charge < -0.3 is 0 Å². The molecule has 0 nitrogen and oxygen atoms in total. The van der Waals surface area contributed by atoms with Crippen molar-refractivity contribution in [1.82, 2.24) is 0 Å². The third kappa shape index (κ3) is 3.69. The second kappa shape index (κ2) is 7.18. The molecule has 0 amide bonds. The van der Waals surface area contributed by atoms with Gasteiger partial charge in [-0.2, -0.15) is 13.2 Å². The highest BCUT2D eigenvalue weighted by Crippen LogP contribution is 2.39. The van der Waals surface area contributed by atoms with E-state index in [1.54, 1.807) is 17.7 Å². The molecule has 0 aliphatic heterocycles. The second-order valence-corrected chi connectivity index (χ2v) is 7.93. The first-order valence-corrected chi connectivity index (χ1v) is 9.88. The van der Waals surface area contributed by atoms with Crippen LogP contribution in [0.2, 0.25) is 0 Å². The summed E-state index contributed by atoms with van der Waals surface area (Å²) in [6, 6.07) is 10.3. The maximum atomic E-state index is 12.8. The molecule has 3 heteroatoms. The molecule has 0 radical (unpaired) electrons. The molecule has 2 aromatic carbocycles. The Bertz CT molecular complexity index is 843. The van der Waals surface area contributed by atoms with Gasteiger partial charge in [-0.1, -0.05) is 36.4 Å². The number of rotatable bonds is 2. The van der Waals surface area contributed by atoms with Gasteiger partial charge in [0.15, 0.2) is 0 Å². The van der Waals surface area contributed by atoms with Crippen LogP contribution in [0.4, 0.5) is 13.2 Å². The maximum absolute atomic E-state index is 12.8.